The van der Waals surface area contributed by atoms with Crippen molar-refractivity contribution in [3.63, 3.8) is 0 Å². The predicted octanol–water partition coefficient (Wildman–Crippen LogP) is 3.51. The summed E-state index contributed by atoms with van der Waals surface area (Å²) < 4.78 is 9.82. The van der Waals surface area contributed by atoms with Crippen molar-refractivity contribution in [2.45, 2.75) is 20.3 Å². The third-order valence-corrected chi connectivity index (χ3v) is 4.79. The summed E-state index contributed by atoms with van der Waals surface area (Å²) in [5.74, 6) is 1.11. The maximum atomic E-state index is 12.1. The second-order valence-corrected chi connectivity index (χ2v) is 7.30. The van der Waals surface area contributed by atoms with E-state index in [1.165, 1.54) is 11.5 Å². The average molecular weight is 360 g/mol. The first kappa shape index (κ1) is 17.7. The number of aromatic nitrogens is 2. The van der Waals surface area contributed by atoms with Crippen LogP contribution in [0.5, 0.6) is 0 Å². The summed E-state index contributed by atoms with van der Waals surface area (Å²) >= 11 is 1.41. The van der Waals surface area contributed by atoms with Crippen LogP contribution in [0.3, 0.4) is 0 Å². The molecule has 2 heterocycles. The lowest BCUT2D eigenvalue weighted by Gasteiger charge is -2.21. The molecule has 0 N–H and O–H groups in total. The fraction of sp³-hybridized carbons (Fsp3) is 0.500. The van der Waals surface area contributed by atoms with Crippen molar-refractivity contribution >= 4 is 22.8 Å². The summed E-state index contributed by atoms with van der Waals surface area (Å²) in [6.45, 7) is 7.54. The van der Waals surface area contributed by atoms with Gasteiger partial charge in [-0.2, -0.15) is 9.36 Å². The Balaban J connectivity index is 1.60. The standard InChI is InChI=1S/C18H24N4O2S/c1-14(2)13-24-18(23)22-10-6-9-21(11-12-22)17-19-16(20-25-17)15-7-4-3-5-8-15/h3-5,7-8,14H,6,9-13H2,1-2H3. The molecule has 0 saturated carbocycles. The Labute approximate surface area is 152 Å². The molecular formula is C18H24N4O2S. The number of ether oxygens (including phenoxy) is 1. The van der Waals surface area contributed by atoms with E-state index in [4.69, 9.17) is 4.74 Å². The highest BCUT2D eigenvalue weighted by molar-refractivity contribution is 7.09. The largest absolute Gasteiger partial charge is 0.449 e. The zero-order valence-electron chi connectivity index (χ0n) is 14.7. The van der Waals surface area contributed by atoms with Gasteiger partial charge in [0.2, 0.25) is 5.13 Å². The summed E-state index contributed by atoms with van der Waals surface area (Å²) in [4.78, 5) is 20.8. The molecule has 2 aromatic rings. The van der Waals surface area contributed by atoms with Gasteiger partial charge >= 0.3 is 6.09 Å². The molecule has 7 heteroatoms. The predicted molar refractivity (Wildman–Crippen MR) is 99.9 cm³/mol. The van der Waals surface area contributed by atoms with Crippen LogP contribution in [0, 0.1) is 5.92 Å². The topological polar surface area (TPSA) is 58.6 Å². The van der Waals surface area contributed by atoms with Crippen LogP contribution < -0.4 is 4.90 Å². The van der Waals surface area contributed by atoms with E-state index in [-0.39, 0.29) is 6.09 Å². The summed E-state index contributed by atoms with van der Waals surface area (Å²) in [5.41, 5.74) is 1.03. The van der Waals surface area contributed by atoms with Gasteiger partial charge in [-0.25, -0.2) is 4.79 Å². The monoisotopic (exact) mass is 360 g/mol. The first-order valence-electron chi connectivity index (χ1n) is 8.69. The highest BCUT2D eigenvalue weighted by Crippen LogP contribution is 2.24. The number of rotatable bonds is 4. The highest BCUT2D eigenvalue weighted by Gasteiger charge is 2.22. The van der Waals surface area contributed by atoms with Gasteiger partial charge in [-0.3, -0.25) is 0 Å². The molecule has 0 unspecified atom stereocenters. The lowest BCUT2D eigenvalue weighted by molar-refractivity contribution is 0.0943. The minimum Gasteiger partial charge on any atom is -0.449 e. The molecule has 3 rings (SSSR count). The average Bonchev–Trinajstić information content (AvgIpc) is 2.98. The Morgan fingerprint density at radius 2 is 2.00 bits per heavy atom. The first-order chi connectivity index (χ1) is 12.1. The molecule has 1 aliphatic heterocycles. The third kappa shape index (κ3) is 4.69. The van der Waals surface area contributed by atoms with E-state index >= 15 is 0 Å². The van der Waals surface area contributed by atoms with Gasteiger partial charge in [-0.05, 0) is 12.3 Å². The second-order valence-electron chi connectivity index (χ2n) is 6.56. The molecule has 1 amide bonds. The number of benzene rings is 1. The normalized spacial score (nSPS) is 15.3. The molecule has 1 saturated heterocycles. The first-order valence-corrected chi connectivity index (χ1v) is 9.46. The van der Waals surface area contributed by atoms with Crippen LogP contribution in [-0.2, 0) is 4.74 Å². The molecular weight excluding hydrogens is 336 g/mol. The fourth-order valence-electron chi connectivity index (χ4n) is 2.67. The Hall–Kier alpha value is -2.15. The maximum Gasteiger partial charge on any atom is 0.409 e. The lowest BCUT2D eigenvalue weighted by Crippen LogP contribution is -2.36. The van der Waals surface area contributed by atoms with Crippen molar-refractivity contribution < 1.29 is 9.53 Å². The van der Waals surface area contributed by atoms with Crippen LogP contribution in [0.4, 0.5) is 9.93 Å². The lowest BCUT2D eigenvalue weighted by atomic mass is 10.2. The molecule has 0 atom stereocenters. The number of carbonyl (C=O) groups excluding carboxylic acids is 1. The van der Waals surface area contributed by atoms with Crippen molar-refractivity contribution in [1.29, 1.82) is 0 Å². The third-order valence-electron chi connectivity index (χ3n) is 4.01. The van der Waals surface area contributed by atoms with Crippen LogP contribution in [0.1, 0.15) is 20.3 Å². The molecule has 1 aliphatic rings. The van der Waals surface area contributed by atoms with E-state index in [9.17, 15) is 4.79 Å². The van der Waals surface area contributed by atoms with E-state index in [0.717, 1.165) is 42.6 Å². The molecule has 0 bridgehead atoms. The summed E-state index contributed by atoms with van der Waals surface area (Å²) in [5, 5.41) is 0.913. The summed E-state index contributed by atoms with van der Waals surface area (Å²) in [6, 6.07) is 9.99. The molecule has 134 valence electrons. The fourth-order valence-corrected chi connectivity index (χ4v) is 3.41. The maximum absolute atomic E-state index is 12.1. The van der Waals surface area contributed by atoms with Crippen LogP contribution in [0.15, 0.2) is 30.3 Å². The van der Waals surface area contributed by atoms with Crippen molar-refractivity contribution in [2.24, 2.45) is 5.92 Å². The number of carbonyl (C=O) groups is 1. The minimum atomic E-state index is -0.210. The van der Waals surface area contributed by atoms with E-state index in [1.807, 2.05) is 44.2 Å². The zero-order valence-corrected chi connectivity index (χ0v) is 15.5. The van der Waals surface area contributed by atoms with Gasteiger partial charge in [-0.1, -0.05) is 44.2 Å². The number of amides is 1. The van der Waals surface area contributed by atoms with Gasteiger partial charge in [0.25, 0.3) is 0 Å². The van der Waals surface area contributed by atoms with Crippen molar-refractivity contribution in [3.8, 4) is 11.4 Å². The second kappa shape index (κ2) is 8.29. The van der Waals surface area contributed by atoms with Gasteiger partial charge in [0.1, 0.15) is 0 Å². The molecule has 6 nitrogen and oxygen atoms in total. The van der Waals surface area contributed by atoms with Gasteiger partial charge < -0.3 is 14.5 Å². The van der Waals surface area contributed by atoms with Gasteiger partial charge in [0.05, 0.1) is 6.61 Å². The molecule has 1 aromatic carbocycles. The summed E-state index contributed by atoms with van der Waals surface area (Å²) in [7, 11) is 0. The van der Waals surface area contributed by atoms with E-state index in [2.05, 4.69) is 14.3 Å². The Morgan fingerprint density at radius 1 is 1.20 bits per heavy atom. The summed E-state index contributed by atoms with van der Waals surface area (Å²) in [6.07, 6.45) is 0.689. The van der Waals surface area contributed by atoms with E-state index in [0.29, 0.717) is 19.1 Å². The Bertz CT molecular complexity index is 689. The molecule has 25 heavy (non-hydrogen) atoms. The van der Waals surface area contributed by atoms with Crippen LogP contribution >= 0.6 is 11.5 Å². The van der Waals surface area contributed by atoms with E-state index < -0.39 is 0 Å². The quantitative estimate of drug-likeness (QED) is 0.835. The number of hydrogen-bond donors (Lipinski definition) is 0. The smallest absolute Gasteiger partial charge is 0.409 e. The van der Waals surface area contributed by atoms with Gasteiger partial charge in [0.15, 0.2) is 5.82 Å². The zero-order chi connectivity index (χ0) is 17.6. The van der Waals surface area contributed by atoms with Crippen molar-refractivity contribution in [3.05, 3.63) is 30.3 Å². The van der Waals surface area contributed by atoms with Crippen LogP contribution in [0.2, 0.25) is 0 Å². The highest BCUT2D eigenvalue weighted by atomic mass is 32.1. The van der Waals surface area contributed by atoms with Gasteiger partial charge in [-0.15, -0.1) is 0 Å². The van der Waals surface area contributed by atoms with Crippen LogP contribution in [0.25, 0.3) is 11.4 Å². The Kier molecular flexibility index (Phi) is 5.86. The van der Waals surface area contributed by atoms with Crippen LogP contribution in [-0.4, -0.2) is 53.1 Å². The molecule has 0 spiro atoms. The number of anilines is 1. The molecule has 0 aliphatic carbocycles. The van der Waals surface area contributed by atoms with E-state index in [1.54, 1.807) is 4.90 Å². The van der Waals surface area contributed by atoms with Crippen molar-refractivity contribution in [1.82, 2.24) is 14.3 Å². The molecule has 1 aromatic heterocycles. The molecule has 0 radical (unpaired) electrons. The number of nitrogens with zero attached hydrogens (tertiary/aromatic N) is 4. The van der Waals surface area contributed by atoms with Crippen molar-refractivity contribution in [2.75, 3.05) is 37.7 Å². The van der Waals surface area contributed by atoms with Gasteiger partial charge in [0, 0.05) is 43.3 Å². The molecule has 1 fully saturated rings. The Morgan fingerprint density at radius 3 is 2.76 bits per heavy atom. The minimum absolute atomic E-state index is 0.210. The SMILES string of the molecule is CC(C)COC(=O)N1CCCN(c2nc(-c3ccccc3)ns2)CC1. The number of hydrogen-bond acceptors (Lipinski definition) is 6.